The molecule has 8 heteroatoms. The van der Waals surface area contributed by atoms with E-state index in [4.69, 9.17) is 4.74 Å². The number of anilines is 2. The zero-order chi connectivity index (χ0) is 27.9. The van der Waals surface area contributed by atoms with Crippen LogP contribution in [0.1, 0.15) is 42.5 Å². The van der Waals surface area contributed by atoms with Gasteiger partial charge in [0, 0.05) is 35.4 Å². The second kappa shape index (κ2) is 12.9. The zero-order valence-corrected chi connectivity index (χ0v) is 24.1. The van der Waals surface area contributed by atoms with Gasteiger partial charge in [-0.25, -0.2) is 0 Å². The lowest BCUT2D eigenvalue weighted by Gasteiger charge is -2.17. The van der Waals surface area contributed by atoms with Gasteiger partial charge in [0.05, 0.1) is 5.92 Å². The number of ether oxygens (including phenoxy) is 1. The van der Waals surface area contributed by atoms with Gasteiger partial charge in [0.25, 0.3) is 5.91 Å². The Labute approximate surface area is 238 Å². The first-order valence-corrected chi connectivity index (χ1v) is 14.0. The van der Waals surface area contributed by atoms with E-state index in [1.165, 1.54) is 5.56 Å². The molecular weight excluding hydrogens is 558 g/mol. The Balaban J connectivity index is 1.28. The lowest BCUT2D eigenvalue weighted by molar-refractivity contribution is -0.126. The number of aryl methyl sites for hydroxylation is 3. The molecule has 1 aliphatic rings. The van der Waals surface area contributed by atoms with Crippen LogP contribution in [-0.2, 0) is 33.8 Å². The Hall–Kier alpha value is -3.65. The van der Waals surface area contributed by atoms with E-state index in [2.05, 4.69) is 45.6 Å². The molecule has 204 valence electrons. The van der Waals surface area contributed by atoms with Gasteiger partial charge in [-0.1, -0.05) is 54.0 Å². The number of amides is 3. The molecule has 0 bridgehead atoms. The van der Waals surface area contributed by atoms with Gasteiger partial charge in [-0.2, -0.15) is 0 Å². The van der Waals surface area contributed by atoms with E-state index in [1.807, 2.05) is 38.1 Å². The molecule has 1 atom stereocenters. The highest BCUT2D eigenvalue weighted by Crippen LogP contribution is 2.28. The number of carbonyl (C=O) groups excluding carboxylic acids is 3. The van der Waals surface area contributed by atoms with Crippen molar-refractivity contribution in [3.63, 3.8) is 0 Å². The van der Waals surface area contributed by atoms with Gasteiger partial charge in [0.1, 0.15) is 5.75 Å². The van der Waals surface area contributed by atoms with Crippen LogP contribution < -0.4 is 20.3 Å². The molecule has 0 aromatic heterocycles. The summed E-state index contributed by atoms with van der Waals surface area (Å²) in [7, 11) is 0. The molecule has 3 aromatic carbocycles. The fourth-order valence-electron chi connectivity index (χ4n) is 4.68. The van der Waals surface area contributed by atoms with Gasteiger partial charge in [-0.15, -0.1) is 0 Å². The highest BCUT2D eigenvalue weighted by molar-refractivity contribution is 9.10. The number of hydrogen-bond acceptors (Lipinski definition) is 4. The number of nitrogens with zero attached hydrogens (tertiary/aromatic N) is 1. The van der Waals surface area contributed by atoms with Gasteiger partial charge in [0.15, 0.2) is 6.61 Å². The first kappa shape index (κ1) is 28.4. The molecule has 1 aliphatic heterocycles. The topological polar surface area (TPSA) is 87.7 Å². The molecule has 39 heavy (non-hydrogen) atoms. The predicted molar refractivity (Wildman–Crippen MR) is 157 cm³/mol. The van der Waals surface area contributed by atoms with Crippen molar-refractivity contribution >= 4 is 45.0 Å². The molecule has 3 amide bonds. The highest BCUT2D eigenvalue weighted by Gasteiger charge is 2.35. The average molecular weight is 593 g/mol. The SMILES string of the molecule is CCc1ccc(CNC(=O)[C@H]2CC(=O)N(c3ccc(OCC(=O)Nc4c(C)cc(Br)cc4CC)cc3)C2)cc1. The predicted octanol–water partition coefficient (Wildman–Crippen LogP) is 5.57. The summed E-state index contributed by atoms with van der Waals surface area (Å²) in [6, 6.07) is 19.1. The quantitative estimate of drug-likeness (QED) is 0.323. The molecule has 1 heterocycles. The Kier molecular flexibility index (Phi) is 9.41. The van der Waals surface area contributed by atoms with E-state index >= 15 is 0 Å². The van der Waals surface area contributed by atoms with Crippen LogP contribution in [0, 0.1) is 12.8 Å². The molecule has 1 saturated heterocycles. The van der Waals surface area contributed by atoms with E-state index in [-0.39, 0.29) is 30.7 Å². The van der Waals surface area contributed by atoms with Crippen molar-refractivity contribution in [1.29, 1.82) is 0 Å². The van der Waals surface area contributed by atoms with Crippen molar-refractivity contribution in [3.05, 3.63) is 87.4 Å². The average Bonchev–Trinajstić information content (AvgIpc) is 3.34. The van der Waals surface area contributed by atoms with Gasteiger partial charge >= 0.3 is 0 Å². The van der Waals surface area contributed by atoms with Gasteiger partial charge < -0.3 is 20.3 Å². The maximum Gasteiger partial charge on any atom is 0.262 e. The molecule has 0 spiro atoms. The molecule has 3 aromatic rings. The lowest BCUT2D eigenvalue weighted by Crippen LogP contribution is -2.32. The summed E-state index contributed by atoms with van der Waals surface area (Å²) in [4.78, 5) is 39.6. The van der Waals surface area contributed by atoms with Crippen molar-refractivity contribution in [1.82, 2.24) is 5.32 Å². The molecule has 4 rings (SSSR count). The van der Waals surface area contributed by atoms with Crippen LogP contribution in [0.15, 0.2) is 65.1 Å². The van der Waals surface area contributed by atoms with Crippen LogP contribution in [0.3, 0.4) is 0 Å². The Morgan fingerprint density at radius 3 is 2.36 bits per heavy atom. The standard InChI is InChI=1S/C31H34BrN3O4/c1-4-21-6-8-22(9-7-21)17-33-31(38)24-16-29(37)35(18-24)26-10-12-27(13-11-26)39-19-28(36)34-30-20(3)14-25(32)15-23(30)5-2/h6-15,24H,4-5,16-19H2,1-3H3,(H,33,38)(H,34,36)/t24-/m0/s1. The van der Waals surface area contributed by atoms with E-state index in [9.17, 15) is 14.4 Å². The Morgan fingerprint density at radius 1 is 1.00 bits per heavy atom. The van der Waals surface area contributed by atoms with Gasteiger partial charge in [-0.05, 0) is 78.4 Å². The summed E-state index contributed by atoms with van der Waals surface area (Å²) in [5.41, 5.74) is 5.82. The summed E-state index contributed by atoms with van der Waals surface area (Å²) in [5.74, 6) is -0.339. The third kappa shape index (κ3) is 7.26. The number of nitrogens with one attached hydrogen (secondary N) is 2. The van der Waals surface area contributed by atoms with E-state index in [0.717, 1.165) is 39.7 Å². The summed E-state index contributed by atoms with van der Waals surface area (Å²) >= 11 is 3.50. The molecule has 0 unspecified atom stereocenters. The third-order valence-corrected chi connectivity index (χ3v) is 7.40. The van der Waals surface area contributed by atoms with Crippen molar-refractivity contribution in [2.24, 2.45) is 5.92 Å². The minimum Gasteiger partial charge on any atom is -0.484 e. The molecular formula is C31H34BrN3O4. The minimum atomic E-state index is -0.401. The zero-order valence-electron chi connectivity index (χ0n) is 22.6. The summed E-state index contributed by atoms with van der Waals surface area (Å²) in [6.45, 7) is 6.74. The minimum absolute atomic E-state index is 0.0907. The fraction of sp³-hybridized carbons (Fsp3) is 0.323. The second-order valence-corrected chi connectivity index (χ2v) is 10.7. The summed E-state index contributed by atoms with van der Waals surface area (Å²) in [5, 5.41) is 5.91. The largest absolute Gasteiger partial charge is 0.484 e. The van der Waals surface area contributed by atoms with E-state index in [1.54, 1.807) is 29.2 Å². The smallest absolute Gasteiger partial charge is 0.262 e. The summed E-state index contributed by atoms with van der Waals surface area (Å²) < 4.78 is 6.66. The van der Waals surface area contributed by atoms with Crippen LogP contribution in [0.5, 0.6) is 5.75 Å². The van der Waals surface area contributed by atoms with Crippen molar-refractivity contribution < 1.29 is 19.1 Å². The Bertz CT molecular complexity index is 1340. The maximum atomic E-state index is 12.7. The van der Waals surface area contributed by atoms with Crippen LogP contribution in [-0.4, -0.2) is 30.9 Å². The first-order valence-electron chi connectivity index (χ1n) is 13.2. The molecule has 0 aliphatic carbocycles. The number of rotatable bonds is 10. The molecule has 0 radical (unpaired) electrons. The molecule has 0 saturated carbocycles. The first-order chi connectivity index (χ1) is 18.8. The Morgan fingerprint density at radius 2 is 1.69 bits per heavy atom. The second-order valence-electron chi connectivity index (χ2n) is 9.73. The van der Waals surface area contributed by atoms with E-state index < -0.39 is 5.92 Å². The van der Waals surface area contributed by atoms with Gasteiger partial charge in [-0.3, -0.25) is 14.4 Å². The van der Waals surface area contributed by atoms with E-state index in [0.29, 0.717) is 24.5 Å². The lowest BCUT2D eigenvalue weighted by atomic mass is 10.1. The maximum absolute atomic E-state index is 12.7. The van der Waals surface area contributed by atoms with Crippen LogP contribution in [0.4, 0.5) is 11.4 Å². The van der Waals surface area contributed by atoms with Crippen molar-refractivity contribution in [2.75, 3.05) is 23.4 Å². The number of benzene rings is 3. The fourth-order valence-corrected chi connectivity index (χ4v) is 5.30. The molecule has 1 fully saturated rings. The monoisotopic (exact) mass is 591 g/mol. The number of hydrogen-bond donors (Lipinski definition) is 2. The van der Waals surface area contributed by atoms with Gasteiger partial charge in [0.2, 0.25) is 11.8 Å². The normalized spacial score (nSPS) is 14.8. The molecule has 2 N–H and O–H groups in total. The van der Waals surface area contributed by atoms with Crippen LogP contribution in [0.2, 0.25) is 0 Å². The number of carbonyl (C=O) groups is 3. The number of halogens is 1. The summed E-state index contributed by atoms with van der Waals surface area (Å²) in [6.07, 6.45) is 1.94. The van der Waals surface area contributed by atoms with Crippen molar-refractivity contribution in [2.45, 2.75) is 46.6 Å². The highest BCUT2D eigenvalue weighted by atomic mass is 79.9. The van der Waals surface area contributed by atoms with Crippen LogP contribution >= 0.6 is 15.9 Å². The third-order valence-electron chi connectivity index (χ3n) is 6.94. The molecule has 7 nitrogen and oxygen atoms in total. The van der Waals surface area contributed by atoms with Crippen molar-refractivity contribution in [3.8, 4) is 5.75 Å². The van der Waals surface area contributed by atoms with Crippen LogP contribution in [0.25, 0.3) is 0 Å².